The van der Waals surface area contributed by atoms with E-state index in [1.807, 2.05) is 0 Å². The Morgan fingerprint density at radius 2 is 0.586 bits per heavy atom. The van der Waals surface area contributed by atoms with Gasteiger partial charge in [0.1, 0.15) is 0 Å². The molecule has 4 unspecified atom stereocenters. The van der Waals surface area contributed by atoms with Gasteiger partial charge in [0.2, 0.25) is 0 Å². The Labute approximate surface area is 184 Å². The average Bonchev–Trinajstić information content (AvgIpc) is 2.51. The lowest BCUT2D eigenvalue weighted by molar-refractivity contribution is 0.0340. The summed E-state index contributed by atoms with van der Waals surface area (Å²) in [7, 11) is 0. The van der Waals surface area contributed by atoms with Gasteiger partial charge in [-0.2, -0.15) is 0 Å². The van der Waals surface area contributed by atoms with E-state index in [1.165, 1.54) is 38.5 Å². The number of hydrogen-bond acceptors (Lipinski definition) is 1. The van der Waals surface area contributed by atoms with Gasteiger partial charge in [0.15, 0.2) is 0 Å². The molecule has 2 aliphatic carbocycles. The van der Waals surface area contributed by atoms with Crippen LogP contribution in [0.25, 0.3) is 0 Å². The van der Waals surface area contributed by atoms with E-state index in [1.54, 1.807) is 0 Å². The first-order valence-electron chi connectivity index (χ1n) is 12.6. The van der Waals surface area contributed by atoms with Gasteiger partial charge >= 0.3 is 0 Å². The third-order valence-electron chi connectivity index (χ3n) is 8.78. The van der Waals surface area contributed by atoms with Crippen LogP contribution in [-0.2, 0) is 0 Å². The van der Waals surface area contributed by atoms with Crippen molar-refractivity contribution in [3.8, 4) is 0 Å². The predicted octanol–water partition coefficient (Wildman–Crippen LogP) is 8.33. The molecule has 2 fully saturated rings. The molecule has 2 rings (SSSR count). The van der Waals surface area contributed by atoms with Crippen LogP contribution in [0.4, 0.5) is 0 Å². The summed E-state index contributed by atoms with van der Waals surface area (Å²) in [5, 5.41) is 4.27. The fraction of sp³-hybridized carbons (Fsp3) is 1.00. The first-order chi connectivity index (χ1) is 12.9. The van der Waals surface area contributed by atoms with Crippen LogP contribution in [0.2, 0.25) is 0 Å². The fourth-order valence-electron chi connectivity index (χ4n) is 6.07. The summed E-state index contributed by atoms with van der Waals surface area (Å²) in [6, 6.07) is 1.39. The summed E-state index contributed by atoms with van der Waals surface area (Å²) in [6.45, 7) is 29.6. The van der Waals surface area contributed by atoms with Crippen molar-refractivity contribution in [3.05, 3.63) is 0 Å². The van der Waals surface area contributed by atoms with E-state index in [9.17, 15) is 0 Å². The van der Waals surface area contributed by atoms with Gasteiger partial charge in [-0.25, -0.2) is 0 Å². The van der Waals surface area contributed by atoms with Gasteiger partial charge in [0, 0.05) is 12.1 Å². The monoisotopic (exact) mass is 405 g/mol. The Hall–Kier alpha value is -0.0400. The maximum absolute atomic E-state index is 4.27. The van der Waals surface area contributed by atoms with E-state index < -0.39 is 0 Å². The van der Waals surface area contributed by atoms with E-state index in [2.05, 4.69) is 88.4 Å². The van der Waals surface area contributed by atoms with Gasteiger partial charge in [-0.1, -0.05) is 83.1 Å². The molecule has 0 saturated heterocycles. The van der Waals surface area contributed by atoms with E-state index >= 15 is 0 Å². The quantitative estimate of drug-likeness (QED) is 0.487. The summed E-state index contributed by atoms with van der Waals surface area (Å²) in [6.07, 6.45) is 8.29. The van der Waals surface area contributed by atoms with Crippen molar-refractivity contribution in [3.63, 3.8) is 0 Å². The van der Waals surface area contributed by atoms with Gasteiger partial charge in [-0.05, 0) is 83.9 Å². The second kappa shape index (κ2) is 8.48. The van der Waals surface area contributed by atoms with E-state index in [4.69, 9.17) is 0 Å². The minimum absolute atomic E-state index is 0.415. The van der Waals surface area contributed by atoms with Gasteiger partial charge in [0.05, 0.1) is 0 Å². The van der Waals surface area contributed by atoms with Crippen LogP contribution in [0.1, 0.15) is 122 Å². The van der Waals surface area contributed by atoms with E-state index in [0.29, 0.717) is 33.7 Å². The minimum Gasteiger partial charge on any atom is -0.311 e. The molecular weight excluding hydrogens is 350 g/mol. The molecule has 0 amide bonds. The molecule has 0 aliphatic heterocycles. The number of rotatable bonds is 2. The molecule has 0 aromatic carbocycles. The molecule has 0 aromatic rings. The summed E-state index contributed by atoms with van der Waals surface area (Å²) in [5.74, 6) is 3.33. The topological polar surface area (TPSA) is 12.0 Å². The second-order valence-corrected chi connectivity index (χ2v) is 15.2. The molecule has 1 N–H and O–H groups in total. The van der Waals surface area contributed by atoms with Crippen molar-refractivity contribution in [2.75, 3.05) is 0 Å². The van der Waals surface area contributed by atoms with Crippen LogP contribution in [0.3, 0.4) is 0 Å². The first-order valence-corrected chi connectivity index (χ1v) is 12.6. The Bertz CT molecular complexity index is 426. The van der Waals surface area contributed by atoms with Crippen LogP contribution in [0.5, 0.6) is 0 Å². The van der Waals surface area contributed by atoms with Crippen molar-refractivity contribution in [1.29, 1.82) is 0 Å². The largest absolute Gasteiger partial charge is 0.311 e. The molecule has 172 valence electrons. The van der Waals surface area contributed by atoms with Crippen molar-refractivity contribution < 1.29 is 0 Å². The zero-order chi connectivity index (χ0) is 22.4. The molecule has 0 radical (unpaired) electrons. The number of hydrogen-bond donors (Lipinski definition) is 1. The molecule has 1 heteroatoms. The van der Waals surface area contributed by atoms with Gasteiger partial charge in [-0.3, -0.25) is 0 Å². The van der Waals surface area contributed by atoms with Crippen LogP contribution in [0, 0.1) is 45.3 Å². The molecule has 4 atom stereocenters. The van der Waals surface area contributed by atoms with Crippen LogP contribution in [-0.4, -0.2) is 12.1 Å². The molecule has 2 aliphatic rings. The molecule has 0 bridgehead atoms. The van der Waals surface area contributed by atoms with Gasteiger partial charge in [-0.15, -0.1) is 0 Å². The maximum Gasteiger partial charge on any atom is 0.00753 e. The fourth-order valence-corrected chi connectivity index (χ4v) is 6.07. The highest BCUT2D eigenvalue weighted by molar-refractivity contribution is 4.96. The second-order valence-electron chi connectivity index (χ2n) is 15.2. The lowest BCUT2D eigenvalue weighted by Gasteiger charge is -2.49. The molecule has 29 heavy (non-hydrogen) atoms. The molecular formula is C28H55N. The Balaban J connectivity index is 2.17. The molecule has 0 spiro atoms. The highest BCUT2D eigenvalue weighted by Gasteiger charge is 2.43. The van der Waals surface area contributed by atoms with E-state index in [0.717, 1.165) is 23.7 Å². The Morgan fingerprint density at radius 3 is 0.759 bits per heavy atom. The maximum atomic E-state index is 4.27. The Kier molecular flexibility index (Phi) is 7.37. The summed E-state index contributed by atoms with van der Waals surface area (Å²) < 4.78 is 0. The minimum atomic E-state index is 0.415. The molecule has 1 nitrogen and oxygen atoms in total. The molecule has 0 aromatic heterocycles. The summed E-state index contributed by atoms with van der Waals surface area (Å²) in [4.78, 5) is 0. The zero-order valence-corrected chi connectivity index (χ0v) is 22.2. The average molecular weight is 406 g/mol. The predicted molar refractivity (Wildman–Crippen MR) is 130 cm³/mol. The SMILES string of the molecule is CC(C)(C)C1CC(NC2CC(C(C)(C)C)CC(C(C)(C)C)C2)CC(C(C)(C)C)C1. The van der Waals surface area contributed by atoms with Crippen molar-refractivity contribution in [1.82, 2.24) is 5.32 Å². The van der Waals surface area contributed by atoms with E-state index in [-0.39, 0.29) is 0 Å². The van der Waals surface area contributed by atoms with Gasteiger partial charge < -0.3 is 5.32 Å². The Morgan fingerprint density at radius 1 is 0.379 bits per heavy atom. The van der Waals surface area contributed by atoms with Gasteiger partial charge in [0.25, 0.3) is 0 Å². The number of nitrogens with one attached hydrogen (secondary N) is 1. The van der Waals surface area contributed by atoms with Crippen LogP contribution < -0.4 is 5.32 Å². The van der Waals surface area contributed by atoms with Crippen LogP contribution >= 0.6 is 0 Å². The normalized spacial score (nSPS) is 35.6. The molecule has 2 saturated carbocycles. The lowest BCUT2D eigenvalue weighted by atomic mass is 9.60. The third kappa shape index (κ3) is 6.98. The smallest absolute Gasteiger partial charge is 0.00753 e. The highest BCUT2D eigenvalue weighted by Crippen LogP contribution is 2.49. The summed E-state index contributed by atoms with van der Waals surface area (Å²) in [5.41, 5.74) is 1.66. The molecule has 0 heterocycles. The third-order valence-corrected chi connectivity index (χ3v) is 8.78. The first kappa shape index (κ1) is 25.2. The van der Waals surface area contributed by atoms with Crippen LogP contribution in [0.15, 0.2) is 0 Å². The standard InChI is InChI=1S/C28H55N/c1-25(2,3)19-13-20(26(4,5)6)16-23(15-19)29-24-17-21(27(7,8)9)14-22(18-24)28(10,11)12/h19-24,29H,13-18H2,1-12H3. The van der Waals surface area contributed by atoms with Crippen molar-refractivity contribution in [2.24, 2.45) is 45.3 Å². The zero-order valence-electron chi connectivity index (χ0n) is 22.2. The van der Waals surface area contributed by atoms with Crippen molar-refractivity contribution in [2.45, 2.75) is 134 Å². The lowest BCUT2D eigenvalue weighted by Crippen LogP contribution is -2.51. The highest BCUT2D eigenvalue weighted by atomic mass is 15.0. The summed E-state index contributed by atoms with van der Waals surface area (Å²) >= 11 is 0. The van der Waals surface area contributed by atoms with Crippen molar-refractivity contribution >= 4 is 0 Å².